The SMILES string of the molecule is CC(C)Cc1cccc(C(NN)C2CCOC2)c1. The molecule has 3 heteroatoms. The summed E-state index contributed by atoms with van der Waals surface area (Å²) >= 11 is 0. The van der Waals surface area contributed by atoms with Gasteiger partial charge < -0.3 is 4.74 Å². The minimum Gasteiger partial charge on any atom is -0.381 e. The molecule has 0 aliphatic carbocycles. The number of hydrazine groups is 1. The molecule has 2 unspecified atom stereocenters. The molecule has 0 radical (unpaired) electrons. The van der Waals surface area contributed by atoms with Gasteiger partial charge in [-0.05, 0) is 29.9 Å². The lowest BCUT2D eigenvalue weighted by molar-refractivity contribution is 0.177. The van der Waals surface area contributed by atoms with E-state index in [2.05, 4.69) is 43.5 Å². The van der Waals surface area contributed by atoms with E-state index in [-0.39, 0.29) is 6.04 Å². The Balaban J connectivity index is 2.14. The second-order valence-corrected chi connectivity index (χ2v) is 5.61. The van der Waals surface area contributed by atoms with Gasteiger partial charge in [0.25, 0.3) is 0 Å². The van der Waals surface area contributed by atoms with E-state index >= 15 is 0 Å². The third kappa shape index (κ3) is 3.31. The molecule has 1 aromatic rings. The minimum atomic E-state index is 0.208. The molecular formula is C15H24N2O. The Labute approximate surface area is 110 Å². The van der Waals surface area contributed by atoms with E-state index in [4.69, 9.17) is 10.6 Å². The van der Waals surface area contributed by atoms with Gasteiger partial charge in [0.05, 0.1) is 12.6 Å². The predicted octanol–water partition coefficient (Wildman–Crippen LogP) is 2.43. The van der Waals surface area contributed by atoms with Crippen LogP contribution in [-0.4, -0.2) is 13.2 Å². The zero-order chi connectivity index (χ0) is 13.0. The molecule has 0 amide bonds. The Morgan fingerprint density at radius 2 is 2.28 bits per heavy atom. The van der Waals surface area contributed by atoms with Crippen molar-refractivity contribution < 1.29 is 4.74 Å². The van der Waals surface area contributed by atoms with Crippen LogP contribution in [0, 0.1) is 11.8 Å². The monoisotopic (exact) mass is 248 g/mol. The van der Waals surface area contributed by atoms with E-state index in [1.54, 1.807) is 0 Å². The first-order valence-electron chi connectivity index (χ1n) is 6.83. The highest BCUT2D eigenvalue weighted by Crippen LogP contribution is 2.28. The Hall–Kier alpha value is -0.900. The Morgan fingerprint density at radius 1 is 1.44 bits per heavy atom. The summed E-state index contributed by atoms with van der Waals surface area (Å²) in [5.74, 6) is 6.90. The predicted molar refractivity (Wildman–Crippen MR) is 74.0 cm³/mol. The van der Waals surface area contributed by atoms with Crippen molar-refractivity contribution in [2.75, 3.05) is 13.2 Å². The molecule has 0 spiro atoms. The highest BCUT2D eigenvalue weighted by molar-refractivity contribution is 5.27. The van der Waals surface area contributed by atoms with Crippen LogP contribution in [0.15, 0.2) is 24.3 Å². The number of ether oxygens (including phenoxy) is 1. The van der Waals surface area contributed by atoms with Crippen LogP contribution in [0.1, 0.15) is 37.4 Å². The van der Waals surface area contributed by atoms with Crippen LogP contribution in [0.3, 0.4) is 0 Å². The second-order valence-electron chi connectivity index (χ2n) is 5.61. The third-order valence-corrected chi connectivity index (χ3v) is 3.57. The Morgan fingerprint density at radius 3 is 2.89 bits per heavy atom. The van der Waals surface area contributed by atoms with Gasteiger partial charge in [0.1, 0.15) is 0 Å². The zero-order valence-corrected chi connectivity index (χ0v) is 11.4. The van der Waals surface area contributed by atoms with Gasteiger partial charge in [-0.15, -0.1) is 0 Å². The Kier molecular flexibility index (Phi) is 4.75. The van der Waals surface area contributed by atoms with Gasteiger partial charge >= 0.3 is 0 Å². The molecule has 2 rings (SSSR count). The van der Waals surface area contributed by atoms with Crippen LogP contribution in [0.4, 0.5) is 0 Å². The van der Waals surface area contributed by atoms with Crippen LogP contribution in [-0.2, 0) is 11.2 Å². The zero-order valence-electron chi connectivity index (χ0n) is 11.4. The van der Waals surface area contributed by atoms with Gasteiger partial charge in [-0.3, -0.25) is 11.3 Å². The summed E-state index contributed by atoms with van der Waals surface area (Å²) in [6.45, 7) is 6.16. The lowest BCUT2D eigenvalue weighted by atomic mass is 9.91. The van der Waals surface area contributed by atoms with E-state index in [0.717, 1.165) is 26.1 Å². The summed E-state index contributed by atoms with van der Waals surface area (Å²) in [5, 5.41) is 0. The maximum atomic E-state index is 5.73. The molecule has 1 fully saturated rings. The van der Waals surface area contributed by atoms with Gasteiger partial charge in [0, 0.05) is 12.5 Å². The summed E-state index contributed by atoms with van der Waals surface area (Å²) in [4.78, 5) is 0. The van der Waals surface area contributed by atoms with E-state index in [1.165, 1.54) is 11.1 Å². The van der Waals surface area contributed by atoms with Crippen LogP contribution in [0.2, 0.25) is 0 Å². The van der Waals surface area contributed by atoms with Gasteiger partial charge in [-0.2, -0.15) is 0 Å². The van der Waals surface area contributed by atoms with E-state index in [0.29, 0.717) is 11.8 Å². The number of benzene rings is 1. The van der Waals surface area contributed by atoms with Gasteiger partial charge in [-0.1, -0.05) is 38.1 Å². The van der Waals surface area contributed by atoms with Crippen LogP contribution in [0.25, 0.3) is 0 Å². The maximum absolute atomic E-state index is 5.73. The van der Waals surface area contributed by atoms with Crippen molar-refractivity contribution in [2.45, 2.75) is 32.7 Å². The highest BCUT2D eigenvalue weighted by atomic mass is 16.5. The van der Waals surface area contributed by atoms with Gasteiger partial charge in [0.15, 0.2) is 0 Å². The quantitative estimate of drug-likeness (QED) is 0.621. The smallest absolute Gasteiger partial charge is 0.0513 e. The molecule has 1 aliphatic rings. The fraction of sp³-hybridized carbons (Fsp3) is 0.600. The second kappa shape index (κ2) is 6.32. The lowest BCUT2D eigenvalue weighted by Crippen LogP contribution is -2.33. The fourth-order valence-electron chi connectivity index (χ4n) is 2.71. The van der Waals surface area contributed by atoms with Crippen molar-refractivity contribution in [3.05, 3.63) is 35.4 Å². The summed E-state index contributed by atoms with van der Waals surface area (Å²) in [6, 6.07) is 8.98. The van der Waals surface area contributed by atoms with Crippen molar-refractivity contribution in [2.24, 2.45) is 17.7 Å². The molecule has 1 heterocycles. The third-order valence-electron chi connectivity index (χ3n) is 3.57. The number of rotatable bonds is 5. The Bertz CT molecular complexity index is 373. The van der Waals surface area contributed by atoms with Crippen molar-refractivity contribution in [3.8, 4) is 0 Å². The van der Waals surface area contributed by atoms with Crippen LogP contribution in [0.5, 0.6) is 0 Å². The highest BCUT2D eigenvalue weighted by Gasteiger charge is 2.26. The molecule has 0 bridgehead atoms. The largest absolute Gasteiger partial charge is 0.381 e. The van der Waals surface area contributed by atoms with Gasteiger partial charge in [-0.25, -0.2) is 0 Å². The summed E-state index contributed by atoms with van der Waals surface area (Å²) in [7, 11) is 0. The van der Waals surface area contributed by atoms with Crippen molar-refractivity contribution in [1.29, 1.82) is 0 Å². The van der Waals surface area contributed by atoms with E-state index in [9.17, 15) is 0 Å². The number of nitrogens with two attached hydrogens (primary N) is 1. The first kappa shape index (κ1) is 13.5. The van der Waals surface area contributed by atoms with Crippen molar-refractivity contribution in [3.63, 3.8) is 0 Å². The summed E-state index contributed by atoms with van der Waals surface area (Å²) in [5.41, 5.74) is 5.63. The number of hydrogen-bond acceptors (Lipinski definition) is 3. The molecule has 18 heavy (non-hydrogen) atoms. The average Bonchev–Trinajstić information content (AvgIpc) is 2.83. The number of nitrogens with one attached hydrogen (secondary N) is 1. The van der Waals surface area contributed by atoms with E-state index < -0.39 is 0 Å². The summed E-state index contributed by atoms with van der Waals surface area (Å²) < 4.78 is 5.46. The number of hydrogen-bond donors (Lipinski definition) is 2. The van der Waals surface area contributed by atoms with Crippen molar-refractivity contribution >= 4 is 0 Å². The molecule has 0 saturated carbocycles. The van der Waals surface area contributed by atoms with E-state index in [1.807, 2.05) is 0 Å². The van der Waals surface area contributed by atoms with Gasteiger partial charge in [0.2, 0.25) is 0 Å². The topological polar surface area (TPSA) is 47.3 Å². The van der Waals surface area contributed by atoms with Crippen molar-refractivity contribution in [1.82, 2.24) is 5.43 Å². The lowest BCUT2D eigenvalue weighted by Gasteiger charge is -2.22. The standard InChI is InChI=1S/C15H24N2O/c1-11(2)8-12-4-3-5-13(9-12)15(17-16)14-6-7-18-10-14/h3-5,9,11,14-15,17H,6-8,10,16H2,1-2H3. The summed E-state index contributed by atoms with van der Waals surface area (Å²) in [6.07, 6.45) is 2.20. The molecule has 3 N–H and O–H groups in total. The molecule has 2 atom stereocenters. The van der Waals surface area contributed by atoms with Crippen LogP contribution >= 0.6 is 0 Å². The fourth-order valence-corrected chi connectivity index (χ4v) is 2.71. The average molecular weight is 248 g/mol. The molecule has 1 aliphatic heterocycles. The molecule has 0 aromatic heterocycles. The molecule has 1 saturated heterocycles. The van der Waals surface area contributed by atoms with Crippen LogP contribution < -0.4 is 11.3 Å². The first-order valence-corrected chi connectivity index (χ1v) is 6.83. The maximum Gasteiger partial charge on any atom is 0.0513 e. The normalized spacial score (nSPS) is 21.4. The first-order chi connectivity index (χ1) is 8.70. The minimum absolute atomic E-state index is 0.208. The molecule has 100 valence electrons. The molecule has 1 aromatic carbocycles. The molecular weight excluding hydrogens is 224 g/mol. The molecule has 3 nitrogen and oxygen atoms in total.